The molecule has 1 atom stereocenters. The zero-order valence-electron chi connectivity index (χ0n) is 15.9. The van der Waals surface area contributed by atoms with E-state index < -0.39 is 6.04 Å². The number of aromatic nitrogens is 2. The molecule has 146 valence electrons. The van der Waals surface area contributed by atoms with E-state index in [0.717, 1.165) is 5.56 Å². The van der Waals surface area contributed by atoms with Crippen molar-refractivity contribution >= 4 is 6.03 Å². The number of imidazole rings is 1. The third kappa shape index (κ3) is 4.49. The van der Waals surface area contributed by atoms with Crippen LogP contribution in [-0.4, -0.2) is 29.2 Å². The number of urea groups is 1. The number of methoxy groups -OCH3 is 1. The summed E-state index contributed by atoms with van der Waals surface area (Å²) < 4.78 is 21.0. The fourth-order valence-corrected chi connectivity index (χ4v) is 3.04. The van der Waals surface area contributed by atoms with Crippen LogP contribution in [0.3, 0.4) is 0 Å². The lowest BCUT2D eigenvalue weighted by Crippen LogP contribution is -2.40. The fourth-order valence-electron chi connectivity index (χ4n) is 3.04. The molecule has 28 heavy (non-hydrogen) atoms. The summed E-state index contributed by atoms with van der Waals surface area (Å²) in [7, 11) is 3.45. The van der Waals surface area contributed by atoms with Gasteiger partial charge in [0.1, 0.15) is 23.4 Å². The van der Waals surface area contributed by atoms with Crippen LogP contribution < -0.4 is 15.4 Å². The van der Waals surface area contributed by atoms with Gasteiger partial charge < -0.3 is 19.9 Å². The Balaban J connectivity index is 1.72. The van der Waals surface area contributed by atoms with Gasteiger partial charge in [0.25, 0.3) is 0 Å². The molecule has 3 rings (SSSR count). The Bertz CT molecular complexity index is 941. The maximum atomic E-state index is 13.7. The van der Waals surface area contributed by atoms with Gasteiger partial charge in [0.05, 0.1) is 7.11 Å². The second-order valence-corrected chi connectivity index (χ2v) is 6.31. The summed E-state index contributed by atoms with van der Waals surface area (Å²) in [4.78, 5) is 16.9. The summed E-state index contributed by atoms with van der Waals surface area (Å²) in [6, 6.07) is 13.1. The average molecular weight is 382 g/mol. The lowest BCUT2D eigenvalue weighted by atomic mass is 10.0. The van der Waals surface area contributed by atoms with Crippen molar-refractivity contribution in [3.63, 3.8) is 0 Å². The first kappa shape index (κ1) is 19.4. The highest BCUT2D eigenvalue weighted by Crippen LogP contribution is 2.28. The smallest absolute Gasteiger partial charge is 0.315 e. The van der Waals surface area contributed by atoms with Crippen LogP contribution in [0, 0.1) is 5.82 Å². The largest absolute Gasteiger partial charge is 0.496 e. The van der Waals surface area contributed by atoms with Crippen LogP contribution in [0.1, 0.15) is 23.0 Å². The van der Waals surface area contributed by atoms with E-state index in [9.17, 15) is 9.18 Å². The highest BCUT2D eigenvalue weighted by atomic mass is 19.1. The number of benzene rings is 2. The highest BCUT2D eigenvalue weighted by molar-refractivity contribution is 5.75. The molecule has 2 aromatic carbocycles. The Morgan fingerprint density at radius 2 is 1.96 bits per heavy atom. The number of halogens is 1. The number of rotatable bonds is 7. The quantitative estimate of drug-likeness (QED) is 0.659. The predicted octanol–water partition coefficient (Wildman–Crippen LogP) is 3.20. The number of ether oxygens (including phenoxy) is 1. The SMILES string of the molecule is COc1ccccc1C(NC(=O)NCCc1ccccc1F)c1nccn1C. The van der Waals surface area contributed by atoms with Crippen LogP contribution in [-0.2, 0) is 13.5 Å². The van der Waals surface area contributed by atoms with E-state index in [2.05, 4.69) is 15.6 Å². The van der Waals surface area contributed by atoms with E-state index in [-0.39, 0.29) is 11.8 Å². The number of nitrogens with zero attached hydrogens (tertiary/aromatic N) is 2. The van der Waals surface area contributed by atoms with Crippen LogP contribution in [0.15, 0.2) is 60.9 Å². The minimum Gasteiger partial charge on any atom is -0.496 e. The van der Waals surface area contributed by atoms with E-state index in [4.69, 9.17) is 4.74 Å². The van der Waals surface area contributed by atoms with Crippen LogP contribution >= 0.6 is 0 Å². The number of hydrogen-bond acceptors (Lipinski definition) is 3. The van der Waals surface area contributed by atoms with Crippen LogP contribution in [0.5, 0.6) is 5.75 Å². The second-order valence-electron chi connectivity index (χ2n) is 6.31. The van der Waals surface area contributed by atoms with Crippen LogP contribution in [0.2, 0.25) is 0 Å². The zero-order chi connectivity index (χ0) is 19.9. The van der Waals surface area contributed by atoms with Gasteiger partial charge in [0.15, 0.2) is 0 Å². The summed E-state index contributed by atoms with van der Waals surface area (Å²) in [6.07, 6.45) is 3.90. The molecule has 0 aliphatic heterocycles. The third-order valence-electron chi connectivity index (χ3n) is 4.48. The summed E-state index contributed by atoms with van der Waals surface area (Å²) >= 11 is 0. The number of carbonyl (C=O) groups is 1. The van der Waals surface area contributed by atoms with Crippen molar-refractivity contribution < 1.29 is 13.9 Å². The predicted molar refractivity (Wildman–Crippen MR) is 105 cm³/mol. The molecule has 0 saturated carbocycles. The van der Waals surface area contributed by atoms with E-state index in [1.807, 2.05) is 42.1 Å². The molecule has 7 heteroatoms. The highest BCUT2D eigenvalue weighted by Gasteiger charge is 2.23. The first-order chi connectivity index (χ1) is 13.6. The summed E-state index contributed by atoms with van der Waals surface area (Å²) in [5, 5.41) is 5.73. The van der Waals surface area contributed by atoms with Crippen molar-refractivity contribution in [2.24, 2.45) is 7.05 Å². The van der Waals surface area contributed by atoms with Gasteiger partial charge in [-0.1, -0.05) is 36.4 Å². The molecular formula is C21H23FN4O2. The van der Waals surface area contributed by atoms with Gasteiger partial charge in [-0.2, -0.15) is 0 Å². The standard InChI is InChI=1S/C21H23FN4O2/c1-26-14-13-23-20(26)19(16-8-4-6-10-18(16)28-2)25-21(27)24-12-11-15-7-3-5-9-17(15)22/h3-10,13-14,19H,11-12H2,1-2H3,(H2,24,25,27). The number of para-hydroxylation sites is 1. The van der Waals surface area contributed by atoms with E-state index in [1.165, 1.54) is 6.07 Å². The average Bonchev–Trinajstić information content (AvgIpc) is 3.13. The number of carbonyl (C=O) groups excluding carboxylic acids is 1. The molecule has 3 aromatic rings. The first-order valence-corrected chi connectivity index (χ1v) is 8.98. The molecular weight excluding hydrogens is 359 g/mol. The molecule has 6 nitrogen and oxygen atoms in total. The molecule has 1 unspecified atom stereocenters. The fraction of sp³-hybridized carbons (Fsp3) is 0.238. The number of hydrogen-bond donors (Lipinski definition) is 2. The molecule has 0 saturated heterocycles. The Morgan fingerprint density at radius 3 is 2.68 bits per heavy atom. The van der Waals surface area contributed by atoms with Crippen LogP contribution in [0.4, 0.5) is 9.18 Å². The third-order valence-corrected chi connectivity index (χ3v) is 4.48. The molecule has 0 fully saturated rings. The summed E-state index contributed by atoms with van der Waals surface area (Å²) in [5.74, 6) is 1.06. The van der Waals surface area contributed by atoms with Gasteiger partial charge in [-0.15, -0.1) is 0 Å². The lowest BCUT2D eigenvalue weighted by molar-refractivity contribution is 0.238. The minimum absolute atomic E-state index is 0.274. The van der Waals surface area contributed by atoms with Gasteiger partial charge in [-0.3, -0.25) is 0 Å². The normalized spacial score (nSPS) is 11.7. The van der Waals surface area contributed by atoms with Gasteiger partial charge >= 0.3 is 6.03 Å². The Kier molecular flexibility index (Phi) is 6.26. The molecule has 1 aromatic heterocycles. The molecule has 0 radical (unpaired) electrons. The van der Waals surface area contributed by atoms with E-state index >= 15 is 0 Å². The van der Waals surface area contributed by atoms with Crippen molar-refractivity contribution in [2.45, 2.75) is 12.5 Å². The van der Waals surface area contributed by atoms with Crippen molar-refractivity contribution in [3.8, 4) is 5.75 Å². The van der Waals surface area contributed by atoms with Gasteiger partial charge in [0, 0.05) is 31.5 Å². The maximum absolute atomic E-state index is 13.7. The van der Waals surface area contributed by atoms with Gasteiger partial charge in [0.2, 0.25) is 0 Å². The zero-order valence-corrected chi connectivity index (χ0v) is 15.9. The number of aryl methyl sites for hydroxylation is 1. The van der Waals surface area contributed by atoms with Gasteiger partial charge in [-0.25, -0.2) is 14.2 Å². The Morgan fingerprint density at radius 1 is 1.21 bits per heavy atom. The summed E-state index contributed by atoms with van der Waals surface area (Å²) in [5.41, 5.74) is 1.36. The number of amides is 2. The van der Waals surface area contributed by atoms with Crippen molar-refractivity contribution in [1.29, 1.82) is 0 Å². The topological polar surface area (TPSA) is 68.2 Å². The molecule has 0 bridgehead atoms. The second kappa shape index (κ2) is 9.03. The number of nitrogens with one attached hydrogen (secondary N) is 2. The molecule has 0 aliphatic rings. The Hall–Kier alpha value is -3.35. The maximum Gasteiger partial charge on any atom is 0.315 e. The minimum atomic E-state index is -0.496. The Labute approximate surface area is 163 Å². The van der Waals surface area contributed by atoms with E-state index in [0.29, 0.717) is 30.1 Å². The molecule has 2 N–H and O–H groups in total. The lowest BCUT2D eigenvalue weighted by Gasteiger charge is -2.21. The van der Waals surface area contributed by atoms with Crippen molar-refractivity contribution in [2.75, 3.05) is 13.7 Å². The van der Waals surface area contributed by atoms with Gasteiger partial charge in [-0.05, 0) is 24.1 Å². The van der Waals surface area contributed by atoms with E-state index in [1.54, 1.807) is 31.5 Å². The molecule has 0 aliphatic carbocycles. The van der Waals surface area contributed by atoms with Crippen molar-refractivity contribution in [3.05, 3.63) is 83.7 Å². The molecule has 0 spiro atoms. The first-order valence-electron chi connectivity index (χ1n) is 8.98. The molecule has 1 heterocycles. The van der Waals surface area contributed by atoms with Crippen LogP contribution in [0.25, 0.3) is 0 Å². The summed E-state index contributed by atoms with van der Waals surface area (Å²) in [6.45, 7) is 0.311. The molecule has 2 amide bonds. The monoisotopic (exact) mass is 382 g/mol. The van der Waals surface area contributed by atoms with Crippen molar-refractivity contribution in [1.82, 2.24) is 20.2 Å².